The van der Waals surface area contributed by atoms with Crippen molar-refractivity contribution in [3.8, 4) is 0 Å². The summed E-state index contributed by atoms with van der Waals surface area (Å²) in [4.78, 5) is 11.8. The van der Waals surface area contributed by atoms with Crippen molar-refractivity contribution in [2.45, 2.75) is 23.6 Å². The van der Waals surface area contributed by atoms with Crippen molar-refractivity contribution in [1.82, 2.24) is 9.62 Å². The van der Waals surface area contributed by atoms with E-state index in [9.17, 15) is 13.2 Å². The Morgan fingerprint density at radius 1 is 1.25 bits per heavy atom. The fourth-order valence-corrected chi connectivity index (χ4v) is 4.57. The van der Waals surface area contributed by atoms with Gasteiger partial charge in [-0.05, 0) is 35.6 Å². The minimum atomic E-state index is -3.45. The van der Waals surface area contributed by atoms with E-state index < -0.39 is 10.0 Å². The summed E-state index contributed by atoms with van der Waals surface area (Å²) in [6, 6.07) is 10.5. The first-order valence-corrected chi connectivity index (χ1v) is 10.1. The first-order valence-electron chi connectivity index (χ1n) is 7.40. The van der Waals surface area contributed by atoms with Crippen LogP contribution in [0.5, 0.6) is 0 Å². The summed E-state index contributed by atoms with van der Waals surface area (Å²) < 4.78 is 26.1. The summed E-state index contributed by atoms with van der Waals surface area (Å²) in [6.45, 7) is 0.730. The molecule has 0 atom stereocenters. The molecule has 0 aliphatic carbocycles. The average Bonchev–Trinajstić information content (AvgIpc) is 3.09. The van der Waals surface area contributed by atoms with E-state index >= 15 is 0 Å². The standard InChI is InChI=1S/C16H19ClN2O3S2/c1-19(24(21,22)16-5-3-11-23-16)10-2-4-15(20)18-12-13-6-8-14(17)9-7-13/h3,5-9,11H,2,4,10,12H2,1H3,(H,18,20). The highest BCUT2D eigenvalue weighted by molar-refractivity contribution is 7.91. The topological polar surface area (TPSA) is 66.5 Å². The van der Waals surface area contributed by atoms with Gasteiger partial charge in [0, 0.05) is 31.6 Å². The van der Waals surface area contributed by atoms with Crippen LogP contribution in [0.3, 0.4) is 0 Å². The van der Waals surface area contributed by atoms with Crippen molar-refractivity contribution in [2.24, 2.45) is 0 Å². The van der Waals surface area contributed by atoms with Gasteiger partial charge in [-0.1, -0.05) is 29.8 Å². The third-order valence-corrected chi connectivity index (χ3v) is 6.92. The van der Waals surface area contributed by atoms with E-state index in [1.807, 2.05) is 12.1 Å². The molecule has 0 saturated carbocycles. The Bertz CT molecular complexity index is 759. The van der Waals surface area contributed by atoms with Gasteiger partial charge in [-0.15, -0.1) is 11.3 Å². The van der Waals surface area contributed by atoms with Crippen LogP contribution in [0.15, 0.2) is 46.0 Å². The first-order chi connectivity index (χ1) is 11.4. The summed E-state index contributed by atoms with van der Waals surface area (Å²) in [7, 11) is -1.92. The lowest BCUT2D eigenvalue weighted by atomic mass is 10.2. The van der Waals surface area contributed by atoms with Crippen LogP contribution < -0.4 is 5.32 Å². The van der Waals surface area contributed by atoms with Gasteiger partial charge in [-0.2, -0.15) is 0 Å². The molecule has 0 spiro atoms. The maximum absolute atomic E-state index is 12.2. The SMILES string of the molecule is CN(CCCC(=O)NCc1ccc(Cl)cc1)S(=O)(=O)c1cccs1. The normalized spacial score (nSPS) is 11.6. The van der Waals surface area contributed by atoms with Gasteiger partial charge in [0.15, 0.2) is 0 Å². The van der Waals surface area contributed by atoms with Gasteiger partial charge in [0.2, 0.25) is 5.91 Å². The average molecular weight is 387 g/mol. The minimum absolute atomic E-state index is 0.105. The Hall–Kier alpha value is -1.41. The van der Waals surface area contributed by atoms with Gasteiger partial charge >= 0.3 is 0 Å². The van der Waals surface area contributed by atoms with Crippen molar-refractivity contribution in [3.63, 3.8) is 0 Å². The maximum atomic E-state index is 12.2. The molecule has 130 valence electrons. The molecule has 1 heterocycles. The highest BCUT2D eigenvalue weighted by Crippen LogP contribution is 2.19. The number of thiophene rings is 1. The molecule has 0 bridgehead atoms. The molecule has 8 heteroatoms. The molecule has 1 amide bonds. The Balaban J connectivity index is 1.73. The van der Waals surface area contributed by atoms with Crippen LogP contribution in [-0.2, 0) is 21.4 Å². The lowest BCUT2D eigenvalue weighted by Gasteiger charge is -2.15. The number of nitrogens with one attached hydrogen (secondary N) is 1. The molecule has 5 nitrogen and oxygen atoms in total. The van der Waals surface area contributed by atoms with E-state index in [-0.39, 0.29) is 12.3 Å². The van der Waals surface area contributed by atoms with E-state index in [1.165, 1.54) is 22.7 Å². The zero-order chi connectivity index (χ0) is 17.6. The second kappa shape index (κ2) is 8.62. The van der Waals surface area contributed by atoms with E-state index in [4.69, 9.17) is 11.6 Å². The summed E-state index contributed by atoms with van der Waals surface area (Å²) in [5.41, 5.74) is 0.963. The van der Waals surface area contributed by atoms with E-state index in [0.717, 1.165) is 5.56 Å². The number of nitrogens with zero attached hydrogens (tertiary/aromatic N) is 1. The second-order valence-electron chi connectivity index (χ2n) is 5.27. The number of hydrogen-bond acceptors (Lipinski definition) is 4. The molecule has 0 fully saturated rings. The number of carbonyl (C=O) groups is 1. The van der Waals surface area contributed by atoms with E-state index in [0.29, 0.717) is 28.7 Å². The van der Waals surface area contributed by atoms with Crippen molar-refractivity contribution in [3.05, 3.63) is 52.4 Å². The van der Waals surface area contributed by atoms with Crippen molar-refractivity contribution in [2.75, 3.05) is 13.6 Å². The zero-order valence-corrected chi connectivity index (χ0v) is 15.6. The van der Waals surface area contributed by atoms with Gasteiger partial charge in [-0.25, -0.2) is 12.7 Å². The predicted molar refractivity (Wildman–Crippen MR) is 96.7 cm³/mol. The number of rotatable bonds is 8. The third kappa shape index (κ3) is 5.31. The molecule has 0 unspecified atom stereocenters. The van der Waals surface area contributed by atoms with Crippen LogP contribution in [0.4, 0.5) is 0 Å². The van der Waals surface area contributed by atoms with Crippen LogP contribution >= 0.6 is 22.9 Å². The maximum Gasteiger partial charge on any atom is 0.252 e. The molecule has 0 radical (unpaired) electrons. The largest absolute Gasteiger partial charge is 0.352 e. The molecule has 2 rings (SSSR count). The Kier molecular flexibility index (Phi) is 6.79. The fourth-order valence-electron chi connectivity index (χ4n) is 2.04. The van der Waals surface area contributed by atoms with Gasteiger partial charge in [0.1, 0.15) is 4.21 Å². The van der Waals surface area contributed by atoms with Crippen LogP contribution in [0.1, 0.15) is 18.4 Å². The quantitative estimate of drug-likeness (QED) is 0.757. The van der Waals surface area contributed by atoms with Crippen LogP contribution in [-0.4, -0.2) is 32.2 Å². The van der Waals surface area contributed by atoms with Gasteiger partial charge in [0.05, 0.1) is 0 Å². The summed E-state index contributed by atoms with van der Waals surface area (Å²) in [5.74, 6) is -0.105. The number of benzene rings is 1. The van der Waals surface area contributed by atoms with Gasteiger partial charge in [-0.3, -0.25) is 4.79 Å². The Morgan fingerprint density at radius 3 is 2.58 bits per heavy atom. The van der Waals surface area contributed by atoms with Gasteiger partial charge in [0.25, 0.3) is 10.0 Å². The summed E-state index contributed by atoms with van der Waals surface area (Å²) in [6.07, 6.45) is 0.742. The highest BCUT2D eigenvalue weighted by atomic mass is 35.5. The first kappa shape index (κ1) is 18.9. The highest BCUT2D eigenvalue weighted by Gasteiger charge is 2.21. The second-order valence-corrected chi connectivity index (χ2v) is 8.92. The zero-order valence-electron chi connectivity index (χ0n) is 13.2. The smallest absolute Gasteiger partial charge is 0.252 e. The molecule has 1 aromatic carbocycles. The van der Waals surface area contributed by atoms with Gasteiger partial charge < -0.3 is 5.32 Å². The van der Waals surface area contributed by atoms with Crippen LogP contribution in [0, 0.1) is 0 Å². The van der Waals surface area contributed by atoms with Crippen LogP contribution in [0.25, 0.3) is 0 Å². The number of carbonyl (C=O) groups excluding carboxylic acids is 1. The van der Waals surface area contributed by atoms with E-state index in [1.54, 1.807) is 29.6 Å². The molecular formula is C16H19ClN2O3S2. The number of hydrogen-bond donors (Lipinski definition) is 1. The molecule has 0 saturated heterocycles. The van der Waals surface area contributed by atoms with Crippen LogP contribution in [0.2, 0.25) is 5.02 Å². The molecule has 0 aliphatic heterocycles. The fraction of sp³-hybridized carbons (Fsp3) is 0.312. The summed E-state index contributed by atoms with van der Waals surface area (Å²) in [5, 5.41) is 5.19. The monoisotopic (exact) mass is 386 g/mol. The minimum Gasteiger partial charge on any atom is -0.352 e. The number of amides is 1. The lowest BCUT2D eigenvalue weighted by Crippen LogP contribution is -2.29. The van der Waals surface area contributed by atoms with Crippen molar-refractivity contribution < 1.29 is 13.2 Å². The molecule has 24 heavy (non-hydrogen) atoms. The lowest BCUT2D eigenvalue weighted by molar-refractivity contribution is -0.121. The molecule has 2 aromatic rings. The molecule has 0 aliphatic rings. The number of halogens is 1. The number of sulfonamides is 1. The Morgan fingerprint density at radius 2 is 1.96 bits per heavy atom. The third-order valence-electron chi connectivity index (χ3n) is 3.44. The Labute approximate surface area is 151 Å². The predicted octanol–water partition coefficient (Wildman–Crippen LogP) is 3.12. The van der Waals surface area contributed by atoms with Crippen molar-refractivity contribution >= 4 is 38.9 Å². The van der Waals surface area contributed by atoms with Crippen molar-refractivity contribution in [1.29, 1.82) is 0 Å². The molecule has 1 N–H and O–H groups in total. The molecular weight excluding hydrogens is 368 g/mol. The summed E-state index contributed by atoms with van der Waals surface area (Å²) >= 11 is 6.99. The molecule has 1 aromatic heterocycles. The van der Waals surface area contributed by atoms with E-state index in [2.05, 4.69) is 5.32 Å².